The van der Waals surface area contributed by atoms with Gasteiger partial charge in [-0.25, -0.2) is 0 Å². The molecule has 0 heterocycles. The molecule has 21 heavy (non-hydrogen) atoms. The summed E-state index contributed by atoms with van der Waals surface area (Å²) in [7, 11) is 0. The summed E-state index contributed by atoms with van der Waals surface area (Å²) in [6, 6.07) is 11.2. The summed E-state index contributed by atoms with van der Waals surface area (Å²) in [6.07, 6.45) is -0.577. The number of hydrogen-bond acceptors (Lipinski definition) is 2. The SMILES string of the molecule is Cc1ccc(Cl)c(OC(C)C(=O)c2ccc(C)c(C)c2)c1. The lowest BCUT2D eigenvalue weighted by molar-refractivity contribution is 0.0818. The number of ether oxygens (including phenoxy) is 1. The highest BCUT2D eigenvalue weighted by Crippen LogP contribution is 2.27. The molecule has 0 aromatic heterocycles. The van der Waals surface area contributed by atoms with E-state index in [1.54, 1.807) is 13.0 Å². The van der Waals surface area contributed by atoms with Crippen LogP contribution in [0.4, 0.5) is 0 Å². The Morgan fingerprint density at radius 2 is 1.76 bits per heavy atom. The second kappa shape index (κ2) is 6.31. The number of aryl methyl sites for hydroxylation is 3. The molecule has 0 saturated carbocycles. The second-order valence-electron chi connectivity index (χ2n) is 5.36. The molecule has 2 aromatic carbocycles. The average Bonchev–Trinajstić information content (AvgIpc) is 2.45. The average molecular weight is 303 g/mol. The molecule has 1 unspecified atom stereocenters. The number of hydrogen-bond donors (Lipinski definition) is 0. The van der Waals surface area contributed by atoms with Crippen LogP contribution in [0.15, 0.2) is 36.4 Å². The maximum atomic E-state index is 12.4. The largest absolute Gasteiger partial charge is 0.481 e. The summed E-state index contributed by atoms with van der Waals surface area (Å²) in [6.45, 7) is 7.72. The molecule has 0 fully saturated rings. The maximum Gasteiger partial charge on any atom is 0.203 e. The van der Waals surface area contributed by atoms with E-state index in [1.807, 2.05) is 51.1 Å². The predicted octanol–water partition coefficient (Wildman–Crippen LogP) is 4.92. The highest BCUT2D eigenvalue weighted by molar-refractivity contribution is 6.32. The van der Waals surface area contributed by atoms with E-state index in [1.165, 1.54) is 5.56 Å². The molecule has 110 valence electrons. The smallest absolute Gasteiger partial charge is 0.203 e. The van der Waals surface area contributed by atoms with Gasteiger partial charge in [0, 0.05) is 5.56 Å². The van der Waals surface area contributed by atoms with Crippen LogP contribution in [0.1, 0.15) is 34.0 Å². The molecular weight excluding hydrogens is 284 g/mol. The van der Waals surface area contributed by atoms with Crippen molar-refractivity contribution in [2.75, 3.05) is 0 Å². The lowest BCUT2D eigenvalue weighted by atomic mass is 10.0. The Morgan fingerprint density at radius 3 is 2.43 bits per heavy atom. The molecule has 0 amide bonds. The van der Waals surface area contributed by atoms with Crippen LogP contribution in [0.5, 0.6) is 5.75 Å². The van der Waals surface area contributed by atoms with E-state index < -0.39 is 6.10 Å². The summed E-state index contributed by atoms with van der Waals surface area (Å²) in [5, 5.41) is 0.514. The predicted molar refractivity (Wildman–Crippen MR) is 86.5 cm³/mol. The third kappa shape index (κ3) is 3.64. The molecule has 0 saturated heterocycles. The van der Waals surface area contributed by atoms with E-state index in [-0.39, 0.29) is 5.78 Å². The fourth-order valence-corrected chi connectivity index (χ4v) is 2.24. The molecular formula is C18H19ClO2. The van der Waals surface area contributed by atoms with Gasteiger partial charge in [-0.3, -0.25) is 4.79 Å². The van der Waals surface area contributed by atoms with Gasteiger partial charge in [0.05, 0.1) is 5.02 Å². The quantitative estimate of drug-likeness (QED) is 0.750. The fourth-order valence-electron chi connectivity index (χ4n) is 2.07. The van der Waals surface area contributed by atoms with E-state index in [4.69, 9.17) is 16.3 Å². The van der Waals surface area contributed by atoms with Gasteiger partial charge in [-0.15, -0.1) is 0 Å². The number of rotatable bonds is 4. The summed E-state index contributed by atoms with van der Waals surface area (Å²) in [5.41, 5.74) is 3.97. The lowest BCUT2D eigenvalue weighted by Crippen LogP contribution is -2.24. The third-order valence-electron chi connectivity index (χ3n) is 3.55. The monoisotopic (exact) mass is 302 g/mol. The van der Waals surface area contributed by atoms with Crippen LogP contribution in [0.3, 0.4) is 0 Å². The molecule has 1 atom stereocenters. The van der Waals surface area contributed by atoms with Gasteiger partial charge in [0.2, 0.25) is 5.78 Å². The van der Waals surface area contributed by atoms with Crippen molar-refractivity contribution in [3.63, 3.8) is 0 Å². The fraction of sp³-hybridized carbons (Fsp3) is 0.278. The van der Waals surface area contributed by atoms with Gasteiger partial charge in [0.15, 0.2) is 6.10 Å². The molecule has 0 bridgehead atoms. The molecule has 3 heteroatoms. The number of benzene rings is 2. The molecule has 2 rings (SSSR count). The summed E-state index contributed by atoms with van der Waals surface area (Å²) < 4.78 is 5.73. The highest BCUT2D eigenvalue weighted by atomic mass is 35.5. The van der Waals surface area contributed by atoms with Gasteiger partial charge in [0.1, 0.15) is 5.75 Å². The van der Waals surface area contributed by atoms with Crippen molar-refractivity contribution in [3.05, 3.63) is 63.7 Å². The normalized spacial score (nSPS) is 12.0. The minimum atomic E-state index is -0.577. The second-order valence-corrected chi connectivity index (χ2v) is 5.76. The van der Waals surface area contributed by atoms with Crippen molar-refractivity contribution in [1.82, 2.24) is 0 Å². The van der Waals surface area contributed by atoms with Crippen molar-refractivity contribution >= 4 is 17.4 Å². The molecule has 0 aliphatic heterocycles. The first kappa shape index (κ1) is 15.6. The molecule has 0 aliphatic carbocycles. The van der Waals surface area contributed by atoms with E-state index in [9.17, 15) is 4.79 Å². The number of ketones is 1. The van der Waals surface area contributed by atoms with Crippen LogP contribution in [0.25, 0.3) is 0 Å². The van der Waals surface area contributed by atoms with Crippen LogP contribution in [-0.4, -0.2) is 11.9 Å². The third-order valence-corrected chi connectivity index (χ3v) is 3.86. The Labute approximate surface area is 130 Å². The van der Waals surface area contributed by atoms with E-state index in [2.05, 4.69) is 0 Å². The van der Waals surface area contributed by atoms with Crippen molar-refractivity contribution in [2.45, 2.75) is 33.8 Å². The molecule has 2 nitrogen and oxygen atoms in total. The first-order valence-corrected chi connectivity index (χ1v) is 7.30. The first-order valence-electron chi connectivity index (χ1n) is 6.93. The van der Waals surface area contributed by atoms with Gasteiger partial charge < -0.3 is 4.74 Å². The zero-order valence-corrected chi connectivity index (χ0v) is 13.5. The van der Waals surface area contributed by atoms with Crippen LogP contribution < -0.4 is 4.74 Å². The van der Waals surface area contributed by atoms with Crippen LogP contribution >= 0.6 is 11.6 Å². The van der Waals surface area contributed by atoms with Gasteiger partial charge in [-0.05, 0) is 62.6 Å². The number of carbonyl (C=O) groups is 1. The van der Waals surface area contributed by atoms with Crippen LogP contribution in [-0.2, 0) is 0 Å². The number of halogens is 1. The highest BCUT2D eigenvalue weighted by Gasteiger charge is 2.18. The zero-order chi connectivity index (χ0) is 15.6. The summed E-state index contributed by atoms with van der Waals surface area (Å²) >= 11 is 6.10. The summed E-state index contributed by atoms with van der Waals surface area (Å²) in [5.74, 6) is 0.497. The Kier molecular flexibility index (Phi) is 4.69. The zero-order valence-electron chi connectivity index (χ0n) is 12.7. The number of carbonyl (C=O) groups excluding carboxylic acids is 1. The molecule has 0 radical (unpaired) electrons. The minimum Gasteiger partial charge on any atom is -0.481 e. The van der Waals surface area contributed by atoms with E-state index in [0.717, 1.165) is 11.1 Å². The van der Waals surface area contributed by atoms with Crippen molar-refractivity contribution in [1.29, 1.82) is 0 Å². The minimum absolute atomic E-state index is 0.0457. The van der Waals surface area contributed by atoms with Crippen molar-refractivity contribution < 1.29 is 9.53 Å². The van der Waals surface area contributed by atoms with Crippen molar-refractivity contribution in [2.24, 2.45) is 0 Å². The molecule has 2 aromatic rings. The molecule has 0 aliphatic rings. The Morgan fingerprint density at radius 1 is 1.05 bits per heavy atom. The van der Waals surface area contributed by atoms with E-state index in [0.29, 0.717) is 16.3 Å². The topological polar surface area (TPSA) is 26.3 Å². The lowest BCUT2D eigenvalue weighted by Gasteiger charge is -2.16. The van der Waals surface area contributed by atoms with Gasteiger partial charge in [-0.2, -0.15) is 0 Å². The molecule has 0 spiro atoms. The van der Waals surface area contributed by atoms with Crippen LogP contribution in [0.2, 0.25) is 5.02 Å². The van der Waals surface area contributed by atoms with Gasteiger partial charge >= 0.3 is 0 Å². The maximum absolute atomic E-state index is 12.4. The Bertz CT molecular complexity index is 677. The standard InChI is InChI=1S/C18H19ClO2/c1-11-5-8-16(19)17(9-11)21-14(4)18(20)15-7-6-12(2)13(3)10-15/h5-10,14H,1-4H3. The van der Waals surface area contributed by atoms with Crippen LogP contribution in [0, 0.1) is 20.8 Å². The van der Waals surface area contributed by atoms with Crippen molar-refractivity contribution in [3.8, 4) is 5.75 Å². The first-order chi connectivity index (χ1) is 9.88. The number of Topliss-reactive ketones (excluding diaryl/α,β-unsaturated/α-hetero) is 1. The Hall–Kier alpha value is -1.80. The van der Waals surface area contributed by atoms with Gasteiger partial charge in [0.25, 0.3) is 0 Å². The Balaban J connectivity index is 2.19. The molecule has 0 N–H and O–H groups in total. The van der Waals surface area contributed by atoms with Gasteiger partial charge in [-0.1, -0.05) is 29.8 Å². The van der Waals surface area contributed by atoms with E-state index >= 15 is 0 Å². The summed E-state index contributed by atoms with van der Waals surface area (Å²) in [4.78, 5) is 12.4.